The van der Waals surface area contributed by atoms with Crippen molar-refractivity contribution in [3.8, 4) is 11.9 Å². The molecule has 1 aliphatic rings. The van der Waals surface area contributed by atoms with Crippen LogP contribution >= 0.6 is 0 Å². The predicted molar refractivity (Wildman–Crippen MR) is 162 cm³/mol. The first-order chi connectivity index (χ1) is 20.9. The van der Waals surface area contributed by atoms with Crippen molar-refractivity contribution in [3.63, 3.8) is 0 Å². The van der Waals surface area contributed by atoms with Gasteiger partial charge in [0.15, 0.2) is 5.65 Å². The van der Waals surface area contributed by atoms with Gasteiger partial charge >= 0.3 is 17.9 Å². The van der Waals surface area contributed by atoms with E-state index in [4.69, 9.17) is 14.7 Å². The number of carbonyl (C=O) groups is 3. The summed E-state index contributed by atoms with van der Waals surface area (Å²) in [5.74, 6) is 1.15. The van der Waals surface area contributed by atoms with Gasteiger partial charge in [-0.05, 0) is 50.2 Å². The van der Waals surface area contributed by atoms with Crippen molar-refractivity contribution in [2.24, 2.45) is 11.8 Å². The highest BCUT2D eigenvalue weighted by Gasteiger charge is 2.30. The smallest absolute Gasteiger partial charge is 0.407 e. The summed E-state index contributed by atoms with van der Waals surface area (Å²) in [6.45, 7) is 9.03. The summed E-state index contributed by atoms with van der Waals surface area (Å²) in [4.78, 5) is 52.0. The summed E-state index contributed by atoms with van der Waals surface area (Å²) in [6.07, 6.45) is 6.75. The molecular weight excluding hydrogens is 566 g/mol. The van der Waals surface area contributed by atoms with Gasteiger partial charge in [-0.2, -0.15) is 10.2 Å². The highest BCUT2D eigenvalue weighted by atomic mass is 16.6. The number of nitriles is 1. The number of likely N-dealkylation sites (tertiary alicyclic amines) is 1. The SMILES string of the molecule is C[C@@H]1CCN(C(=O)CC#N)CC1/C=[N+](\C)c1ncnc2c1ccn2C(=O)Nc1ccnc(OCCNC(=O)OC(C)(C)C)c1. The van der Waals surface area contributed by atoms with Crippen molar-refractivity contribution in [3.05, 3.63) is 36.9 Å². The normalized spacial score (nSPS) is 17.1. The minimum atomic E-state index is -0.593. The molecule has 0 bridgehead atoms. The topological polar surface area (TPSA) is 167 Å². The number of hydrogen-bond donors (Lipinski definition) is 2. The summed E-state index contributed by atoms with van der Waals surface area (Å²) in [6, 6.07) is 6.49. The van der Waals surface area contributed by atoms with Crippen LogP contribution in [-0.4, -0.2) is 92.1 Å². The van der Waals surface area contributed by atoms with E-state index in [-0.39, 0.29) is 37.3 Å². The van der Waals surface area contributed by atoms with E-state index in [1.54, 1.807) is 50.1 Å². The molecule has 1 unspecified atom stereocenters. The van der Waals surface area contributed by atoms with Crippen molar-refractivity contribution in [2.75, 3.05) is 38.6 Å². The molecule has 3 aromatic rings. The van der Waals surface area contributed by atoms with E-state index in [1.807, 2.05) is 23.9 Å². The molecule has 1 aliphatic heterocycles. The lowest BCUT2D eigenvalue weighted by molar-refractivity contribution is -0.405. The molecule has 3 aromatic heterocycles. The van der Waals surface area contributed by atoms with E-state index >= 15 is 0 Å². The van der Waals surface area contributed by atoms with Gasteiger partial charge in [0.25, 0.3) is 0 Å². The largest absolute Gasteiger partial charge is 0.476 e. The fourth-order valence-corrected chi connectivity index (χ4v) is 4.81. The monoisotopic (exact) mass is 604 g/mol. The average Bonchev–Trinajstić information content (AvgIpc) is 3.40. The van der Waals surface area contributed by atoms with Gasteiger partial charge < -0.3 is 25.0 Å². The molecule has 1 fully saturated rings. The van der Waals surface area contributed by atoms with Gasteiger partial charge in [-0.15, -0.1) is 0 Å². The summed E-state index contributed by atoms with van der Waals surface area (Å²) < 4.78 is 14.1. The van der Waals surface area contributed by atoms with Crippen LogP contribution in [0.2, 0.25) is 0 Å². The van der Waals surface area contributed by atoms with Gasteiger partial charge in [0.1, 0.15) is 24.0 Å². The van der Waals surface area contributed by atoms with E-state index in [0.29, 0.717) is 41.5 Å². The molecule has 14 heteroatoms. The van der Waals surface area contributed by atoms with Gasteiger partial charge in [0, 0.05) is 43.2 Å². The Kier molecular flexibility index (Phi) is 10.1. The quantitative estimate of drug-likeness (QED) is 0.222. The number of amides is 3. The van der Waals surface area contributed by atoms with Crippen molar-refractivity contribution < 1.29 is 28.4 Å². The van der Waals surface area contributed by atoms with Crippen LogP contribution in [0.5, 0.6) is 5.88 Å². The number of pyridine rings is 1. The summed E-state index contributed by atoms with van der Waals surface area (Å²) in [5.41, 5.74) is 0.294. The maximum Gasteiger partial charge on any atom is 0.407 e. The summed E-state index contributed by atoms with van der Waals surface area (Å²) in [5, 5.41) is 15.0. The van der Waals surface area contributed by atoms with E-state index < -0.39 is 17.7 Å². The minimum Gasteiger partial charge on any atom is -0.476 e. The minimum absolute atomic E-state index is 0.0722. The van der Waals surface area contributed by atoms with Crippen LogP contribution < -0.4 is 15.4 Å². The summed E-state index contributed by atoms with van der Waals surface area (Å²) in [7, 11) is 1.88. The molecule has 0 aliphatic carbocycles. The van der Waals surface area contributed by atoms with Crippen LogP contribution in [0.3, 0.4) is 0 Å². The number of fused-ring (bicyclic) bond motifs is 1. The van der Waals surface area contributed by atoms with Crippen LogP contribution in [0.1, 0.15) is 40.5 Å². The first-order valence-corrected chi connectivity index (χ1v) is 14.4. The molecule has 3 amide bonds. The van der Waals surface area contributed by atoms with Gasteiger partial charge in [-0.25, -0.2) is 19.1 Å². The average molecular weight is 605 g/mol. The molecule has 14 nitrogen and oxygen atoms in total. The second-order valence-corrected chi connectivity index (χ2v) is 11.6. The molecule has 232 valence electrons. The number of anilines is 1. The maximum absolute atomic E-state index is 13.2. The van der Waals surface area contributed by atoms with Gasteiger partial charge in [0.2, 0.25) is 18.1 Å². The molecule has 0 radical (unpaired) electrons. The molecule has 4 rings (SSSR count). The number of carbonyl (C=O) groups excluding carboxylic acids is 3. The number of rotatable bonds is 8. The molecular formula is C30H38N9O5+. The fraction of sp³-hybridized carbons (Fsp3) is 0.467. The number of hydrogen-bond acceptors (Lipinski definition) is 9. The Labute approximate surface area is 255 Å². The van der Waals surface area contributed by atoms with E-state index in [9.17, 15) is 14.4 Å². The first kappa shape index (κ1) is 31.9. The molecule has 2 atom stereocenters. The number of alkyl carbamates (subject to hydrolysis) is 1. The first-order valence-electron chi connectivity index (χ1n) is 14.4. The third-order valence-corrected chi connectivity index (χ3v) is 7.03. The molecule has 0 saturated carbocycles. The highest BCUT2D eigenvalue weighted by molar-refractivity contribution is 5.99. The number of nitrogens with zero attached hydrogens (tertiary/aromatic N) is 7. The maximum atomic E-state index is 13.2. The Bertz CT molecular complexity index is 1590. The molecule has 1 saturated heterocycles. The van der Waals surface area contributed by atoms with Crippen LogP contribution in [0.25, 0.3) is 11.0 Å². The van der Waals surface area contributed by atoms with Crippen molar-refractivity contribution in [2.45, 2.75) is 46.1 Å². The highest BCUT2D eigenvalue weighted by Crippen LogP contribution is 2.26. The lowest BCUT2D eigenvalue weighted by Crippen LogP contribution is -2.44. The summed E-state index contributed by atoms with van der Waals surface area (Å²) >= 11 is 0. The van der Waals surface area contributed by atoms with Crippen LogP contribution in [0.4, 0.5) is 21.1 Å². The van der Waals surface area contributed by atoms with E-state index in [2.05, 4.69) is 32.5 Å². The Hall–Kier alpha value is -5.06. The van der Waals surface area contributed by atoms with Gasteiger partial charge in [-0.1, -0.05) is 6.92 Å². The number of ether oxygens (including phenoxy) is 2. The number of piperidine rings is 1. The number of aromatic nitrogens is 4. The zero-order chi connectivity index (χ0) is 31.9. The zero-order valence-corrected chi connectivity index (χ0v) is 25.6. The van der Waals surface area contributed by atoms with Gasteiger partial charge in [0.05, 0.1) is 25.9 Å². The Morgan fingerprint density at radius 1 is 1.23 bits per heavy atom. The molecule has 44 heavy (non-hydrogen) atoms. The molecule has 0 spiro atoms. The number of nitrogens with one attached hydrogen (secondary N) is 2. The fourth-order valence-electron chi connectivity index (χ4n) is 4.81. The van der Waals surface area contributed by atoms with Crippen LogP contribution in [-0.2, 0) is 9.53 Å². The second kappa shape index (κ2) is 13.9. The van der Waals surface area contributed by atoms with Crippen LogP contribution in [0.15, 0.2) is 36.9 Å². The molecule has 4 heterocycles. The Morgan fingerprint density at radius 3 is 2.77 bits per heavy atom. The Morgan fingerprint density at radius 2 is 2.02 bits per heavy atom. The lowest BCUT2D eigenvalue weighted by Gasteiger charge is -2.34. The third kappa shape index (κ3) is 8.27. The third-order valence-electron chi connectivity index (χ3n) is 7.03. The molecule has 0 aromatic carbocycles. The van der Waals surface area contributed by atoms with Crippen molar-refractivity contribution in [1.82, 2.24) is 29.7 Å². The van der Waals surface area contributed by atoms with Crippen molar-refractivity contribution >= 4 is 46.8 Å². The lowest BCUT2D eigenvalue weighted by atomic mass is 9.87. The standard InChI is InChI=1S/C30H37N9O5/c1-20-8-13-38(25(40)6-10-31)18-21(20)17-37(5)26-23-9-14-39(27(23)35-19-34-26)28(41)36-22-7-11-32-24(16-22)43-15-12-33-29(42)44-30(2,3)4/h7,9,11,14,16-17,19-21H,6,8,12-13,15,18H2,1-5H3,(H-,32,33,36,41,42)/p+1/b37-17+/t20-,21?/m1/s1. The van der Waals surface area contributed by atoms with E-state index in [1.165, 1.54) is 17.1 Å². The van der Waals surface area contributed by atoms with Crippen LogP contribution in [0, 0.1) is 23.2 Å². The zero-order valence-electron chi connectivity index (χ0n) is 25.6. The van der Waals surface area contributed by atoms with Crippen molar-refractivity contribution in [1.29, 1.82) is 5.26 Å². The second-order valence-electron chi connectivity index (χ2n) is 11.6. The van der Waals surface area contributed by atoms with Gasteiger partial charge in [-0.3, -0.25) is 9.36 Å². The van der Waals surface area contributed by atoms with E-state index in [0.717, 1.165) is 6.42 Å². The molecule has 2 N–H and O–H groups in total. The predicted octanol–water partition coefficient (Wildman–Crippen LogP) is 3.55. The Balaban J connectivity index is 1.42.